The van der Waals surface area contributed by atoms with E-state index in [0.29, 0.717) is 49.2 Å². The zero-order valence-electron chi connectivity index (χ0n) is 19.3. The van der Waals surface area contributed by atoms with Crippen molar-refractivity contribution in [3.63, 3.8) is 0 Å². The number of nitrogens with zero attached hydrogens (tertiary/aromatic N) is 1. The molecule has 3 rings (SSSR count). The highest BCUT2D eigenvalue weighted by Crippen LogP contribution is 2.44. The zero-order valence-corrected chi connectivity index (χ0v) is 19.3. The molecule has 0 bridgehead atoms. The van der Waals surface area contributed by atoms with Crippen molar-refractivity contribution in [2.75, 3.05) is 34.0 Å². The standard InChI is InChI=1S/C25H33NO6/c1-5-31-20-14-13-17(16-22(20)32-6-2)23(26-15-8-7-11-19(26)25(27)28)18-10-9-12-21(29-3)24(18)30-4/h9-10,12-14,16,19,23H,5-8,11,15H2,1-4H3,(H,27,28). The first-order chi connectivity index (χ1) is 15.5. The molecule has 0 spiro atoms. The summed E-state index contributed by atoms with van der Waals surface area (Å²) in [5.41, 5.74) is 1.77. The van der Waals surface area contributed by atoms with Crippen LogP contribution < -0.4 is 18.9 Å². The van der Waals surface area contributed by atoms with E-state index in [1.165, 1.54) is 0 Å². The Morgan fingerprint density at radius 3 is 2.44 bits per heavy atom. The first kappa shape index (κ1) is 23.7. The van der Waals surface area contributed by atoms with Gasteiger partial charge in [0.25, 0.3) is 0 Å². The number of benzene rings is 2. The van der Waals surface area contributed by atoms with Crippen LogP contribution in [0.3, 0.4) is 0 Å². The summed E-state index contributed by atoms with van der Waals surface area (Å²) in [7, 11) is 3.20. The molecule has 2 aromatic rings. The number of rotatable bonds is 10. The Bertz CT molecular complexity index is 915. The fourth-order valence-electron chi connectivity index (χ4n) is 4.44. The van der Waals surface area contributed by atoms with E-state index < -0.39 is 12.0 Å². The second-order valence-corrected chi connectivity index (χ2v) is 7.65. The first-order valence-corrected chi connectivity index (χ1v) is 11.1. The van der Waals surface area contributed by atoms with Crippen LogP contribution in [0.15, 0.2) is 36.4 Å². The number of aliphatic carboxylic acids is 1. The maximum absolute atomic E-state index is 12.2. The lowest BCUT2D eigenvalue weighted by atomic mass is 9.90. The van der Waals surface area contributed by atoms with Crippen LogP contribution in [0.25, 0.3) is 0 Å². The van der Waals surface area contributed by atoms with Gasteiger partial charge in [-0.15, -0.1) is 0 Å². The van der Waals surface area contributed by atoms with Crippen LogP contribution in [0.5, 0.6) is 23.0 Å². The number of hydrogen-bond acceptors (Lipinski definition) is 6. The van der Waals surface area contributed by atoms with Gasteiger partial charge in [0.05, 0.1) is 33.5 Å². The normalized spacial score (nSPS) is 17.4. The molecule has 2 aromatic carbocycles. The Morgan fingerprint density at radius 2 is 1.78 bits per heavy atom. The van der Waals surface area contributed by atoms with E-state index in [-0.39, 0.29) is 6.04 Å². The molecule has 0 aromatic heterocycles. The number of piperidine rings is 1. The molecule has 32 heavy (non-hydrogen) atoms. The van der Waals surface area contributed by atoms with Gasteiger partial charge in [0, 0.05) is 5.56 Å². The largest absolute Gasteiger partial charge is 0.493 e. The van der Waals surface area contributed by atoms with E-state index in [0.717, 1.165) is 24.0 Å². The number of carboxylic acids is 1. The van der Waals surface area contributed by atoms with Crippen molar-refractivity contribution in [1.29, 1.82) is 0 Å². The van der Waals surface area contributed by atoms with Crippen LogP contribution in [0.4, 0.5) is 0 Å². The Kier molecular flexibility index (Phi) is 8.22. The van der Waals surface area contributed by atoms with Crippen LogP contribution in [0, 0.1) is 0 Å². The maximum atomic E-state index is 12.2. The average Bonchev–Trinajstić information content (AvgIpc) is 2.81. The number of ether oxygens (including phenoxy) is 4. The van der Waals surface area contributed by atoms with Crippen molar-refractivity contribution in [1.82, 2.24) is 4.90 Å². The third-order valence-electron chi connectivity index (χ3n) is 5.77. The van der Waals surface area contributed by atoms with Gasteiger partial charge in [0.15, 0.2) is 23.0 Å². The molecule has 0 amide bonds. The highest BCUT2D eigenvalue weighted by molar-refractivity contribution is 5.74. The number of carboxylic acid groups (broad SMARTS) is 1. The van der Waals surface area contributed by atoms with Crippen molar-refractivity contribution in [3.8, 4) is 23.0 Å². The topological polar surface area (TPSA) is 77.5 Å². The summed E-state index contributed by atoms with van der Waals surface area (Å²) >= 11 is 0. The Balaban J connectivity index is 2.20. The number of hydrogen-bond donors (Lipinski definition) is 1. The molecular formula is C25H33NO6. The van der Waals surface area contributed by atoms with Gasteiger partial charge >= 0.3 is 5.97 Å². The summed E-state index contributed by atoms with van der Waals surface area (Å²) < 4.78 is 22.9. The van der Waals surface area contributed by atoms with E-state index in [2.05, 4.69) is 4.90 Å². The van der Waals surface area contributed by atoms with Crippen LogP contribution in [-0.2, 0) is 4.79 Å². The number of likely N-dealkylation sites (tertiary alicyclic amines) is 1. The van der Waals surface area contributed by atoms with Gasteiger partial charge in [0.2, 0.25) is 0 Å². The van der Waals surface area contributed by atoms with E-state index in [4.69, 9.17) is 18.9 Å². The Labute approximate surface area is 189 Å². The third-order valence-corrected chi connectivity index (χ3v) is 5.77. The van der Waals surface area contributed by atoms with Gasteiger partial charge in [-0.1, -0.05) is 24.6 Å². The van der Waals surface area contributed by atoms with Crippen LogP contribution in [0.1, 0.15) is 50.3 Å². The molecule has 1 heterocycles. The quantitative estimate of drug-likeness (QED) is 0.578. The monoisotopic (exact) mass is 443 g/mol. The Hall–Kier alpha value is -2.93. The number of carbonyl (C=O) groups is 1. The highest BCUT2D eigenvalue weighted by atomic mass is 16.5. The molecule has 1 aliphatic rings. The summed E-state index contributed by atoms with van der Waals surface area (Å²) in [6, 6.07) is 10.6. The fourth-order valence-corrected chi connectivity index (χ4v) is 4.44. The second kappa shape index (κ2) is 11.1. The van der Waals surface area contributed by atoms with E-state index in [1.807, 2.05) is 50.2 Å². The summed E-state index contributed by atoms with van der Waals surface area (Å²) in [6.45, 7) is 5.55. The first-order valence-electron chi connectivity index (χ1n) is 11.1. The molecule has 174 valence electrons. The van der Waals surface area contributed by atoms with Crippen molar-refractivity contribution in [2.24, 2.45) is 0 Å². The van der Waals surface area contributed by atoms with Crippen molar-refractivity contribution in [3.05, 3.63) is 47.5 Å². The maximum Gasteiger partial charge on any atom is 0.320 e. The lowest BCUT2D eigenvalue weighted by Gasteiger charge is -2.40. The molecule has 1 saturated heterocycles. The molecule has 0 saturated carbocycles. The van der Waals surface area contributed by atoms with Crippen LogP contribution in [-0.4, -0.2) is 56.0 Å². The molecule has 0 aliphatic carbocycles. The molecule has 1 N–H and O–H groups in total. The van der Waals surface area contributed by atoms with Gasteiger partial charge in [-0.05, 0) is 57.0 Å². The van der Waals surface area contributed by atoms with Crippen LogP contribution >= 0.6 is 0 Å². The van der Waals surface area contributed by atoms with E-state index in [9.17, 15) is 9.90 Å². The Morgan fingerprint density at radius 1 is 1.03 bits per heavy atom. The lowest BCUT2D eigenvalue weighted by Crippen LogP contribution is -2.46. The van der Waals surface area contributed by atoms with Crippen molar-refractivity contribution >= 4 is 5.97 Å². The minimum atomic E-state index is -0.812. The van der Waals surface area contributed by atoms with Crippen molar-refractivity contribution in [2.45, 2.75) is 45.2 Å². The predicted molar refractivity (Wildman–Crippen MR) is 122 cm³/mol. The van der Waals surface area contributed by atoms with Gasteiger partial charge in [0.1, 0.15) is 6.04 Å². The summed E-state index contributed by atoms with van der Waals surface area (Å²) in [5, 5.41) is 9.99. The summed E-state index contributed by atoms with van der Waals surface area (Å²) in [5.74, 6) is 1.70. The average molecular weight is 444 g/mol. The number of para-hydroxylation sites is 1. The highest BCUT2D eigenvalue weighted by Gasteiger charge is 2.37. The van der Waals surface area contributed by atoms with Gasteiger partial charge < -0.3 is 24.1 Å². The SMILES string of the molecule is CCOc1ccc(C(c2cccc(OC)c2OC)N2CCCCC2C(=O)O)cc1OCC. The number of methoxy groups -OCH3 is 2. The molecule has 0 radical (unpaired) electrons. The fraction of sp³-hybridized carbons (Fsp3) is 0.480. The summed E-state index contributed by atoms with van der Waals surface area (Å²) in [4.78, 5) is 14.2. The second-order valence-electron chi connectivity index (χ2n) is 7.65. The van der Waals surface area contributed by atoms with E-state index in [1.54, 1.807) is 14.2 Å². The van der Waals surface area contributed by atoms with Gasteiger partial charge in [-0.2, -0.15) is 0 Å². The molecular weight excluding hydrogens is 410 g/mol. The summed E-state index contributed by atoms with van der Waals surface area (Å²) in [6.07, 6.45) is 2.43. The smallest absolute Gasteiger partial charge is 0.320 e. The minimum absolute atomic E-state index is 0.351. The van der Waals surface area contributed by atoms with Crippen LogP contribution in [0.2, 0.25) is 0 Å². The molecule has 1 fully saturated rings. The zero-order chi connectivity index (χ0) is 23.1. The molecule has 2 atom stereocenters. The van der Waals surface area contributed by atoms with Gasteiger partial charge in [-0.3, -0.25) is 9.69 Å². The lowest BCUT2D eigenvalue weighted by molar-refractivity contribution is -0.145. The molecule has 7 heteroatoms. The predicted octanol–water partition coefficient (Wildman–Crippen LogP) is 4.53. The molecule has 2 unspecified atom stereocenters. The van der Waals surface area contributed by atoms with Gasteiger partial charge in [-0.25, -0.2) is 0 Å². The minimum Gasteiger partial charge on any atom is -0.493 e. The van der Waals surface area contributed by atoms with E-state index >= 15 is 0 Å². The molecule has 7 nitrogen and oxygen atoms in total. The molecule has 1 aliphatic heterocycles. The third kappa shape index (κ3) is 4.93. The van der Waals surface area contributed by atoms with Crippen molar-refractivity contribution < 1.29 is 28.8 Å².